The first-order valence-electron chi connectivity index (χ1n) is 5.44. The van der Waals surface area contributed by atoms with Crippen LogP contribution in [0.25, 0.3) is 4.96 Å². The summed E-state index contributed by atoms with van der Waals surface area (Å²) in [4.78, 5) is 17.3. The number of carboxylic acid groups (broad SMARTS) is 1. The van der Waals surface area contributed by atoms with Gasteiger partial charge in [-0.3, -0.25) is 9.20 Å². The molecule has 5 heteroatoms. The maximum atomic E-state index is 10.6. The van der Waals surface area contributed by atoms with Crippen LogP contribution in [0, 0.1) is 0 Å². The molecule has 0 saturated heterocycles. The molecule has 16 heavy (non-hydrogen) atoms. The summed E-state index contributed by atoms with van der Waals surface area (Å²) >= 11 is 1.71. The lowest BCUT2D eigenvalue weighted by Crippen LogP contribution is -2.02. The van der Waals surface area contributed by atoms with E-state index in [0.29, 0.717) is 5.69 Å². The van der Waals surface area contributed by atoms with Gasteiger partial charge in [0.05, 0.1) is 12.1 Å². The lowest BCUT2D eigenvalue weighted by Gasteiger charge is -2.09. The highest BCUT2D eigenvalue weighted by molar-refractivity contribution is 7.17. The number of imidazole rings is 1. The van der Waals surface area contributed by atoms with Crippen LogP contribution < -0.4 is 0 Å². The van der Waals surface area contributed by atoms with E-state index in [-0.39, 0.29) is 6.42 Å². The largest absolute Gasteiger partial charge is 0.481 e. The van der Waals surface area contributed by atoms with Gasteiger partial charge >= 0.3 is 5.97 Å². The third-order valence-corrected chi connectivity index (χ3v) is 4.11. The topological polar surface area (TPSA) is 54.6 Å². The van der Waals surface area contributed by atoms with Gasteiger partial charge in [-0.15, -0.1) is 11.3 Å². The summed E-state index contributed by atoms with van der Waals surface area (Å²) in [6, 6.07) is 0. The van der Waals surface area contributed by atoms with Gasteiger partial charge in [0.2, 0.25) is 0 Å². The van der Waals surface area contributed by atoms with Crippen LogP contribution in [0.2, 0.25) is 0 Å². The Hall–Kier alpha value is -1.36. The second-order valence-corrected chi connectivity index (χ2v) is 5.20. The smallest absolute Gasteiger partial charge is 0.309 e. The molecule has 0 aromatic carbocycles. The van der Waals surface area contributed by atoms with Crippen molar-refractivity contribution in [2.45, 2.75) is 32.1 Å². The Labute approximate surface area is 96.5 Å². The van der Waals surface area contributed by atoms with E-state index in [9.17, 15) is 4.79 Å². The number of aliphatic carboxylic acids is 1. The van der Waals surface area contributed by atoms with Gasteiger partial charge < -0.3 is 5.11 Å². The Morgan fingerprint density at radius 2 is 2.31 bits per heavy atom. The van der Waals surface area contributed by atoms with Crippen LogP contribution >= 0.6 is 11.3 Å². The van der Waals surface area contributed by atoms with Gasteiger partial charge in [-0.25, -0.2) is 4.98 Å². The van der Waals surface area contributed by atoms with Crippen molar-refractivity contribution in [1.82, 2.24) is 9.38 Å². The Morgan fingerprint density at radius 1 is 1.50 bits per heavy atom. The Kier molecular flexibility index (Phi) is 2.21. The summed E-state index contributed by atoms with van der Waals surface area (Å²) in [5.74, 6) is -0.820. The lowest BCUT2D eigenvalue weighted by atomic mass is 10.0. The van der Waals surface area contributed by atoms with Crippen LogP contribution in [-0.2, 0) is 24.1 Å². The number of rotatable bonds is 2. The molecular weight excluding hydrogens is 224 g/mol. The van der Waals surface area contributed by atoms with Gasteiger partial charge in [-0.1, -0.05) is 0 Å². The highest BCUT2D eigenvalue weighted by Crippen LogP contribution is 2.29. The highest BCUT2D eigenvalue weighted by atomic mass is 32.1. The normalized spacial score (nSPS) is 15.2. The predicted molar refractivity (Wildman–Crippen MR) is 61.1 cm³/mol. The minimum absolute atomic E-state index is 0.0170. The van der Waals surface area contributed by atoms with Crippen LogP contribution in [0.15, 0.2) is 6.20 Å². The quantitative estimate of drug-likeness (QED) is 0.866. The lowest BCUT2D eigenvalue weighted by molar-refractivity contribution is -0.136. The van der Waals surface area contributed by atoms with Crippen LogP contribution in [-0.4, -0.2) is 20.5 Å². The van der Waals surface area contributed by atoms with Crippen molar-refractivity contribution in [3.05, 3.63) is 22.5 Å². The fourth-order valence-electron chi connectivity index (χ4n) is 2.25. The molecule has 0 fully saturated rings. The first kappa shape index (κ1) is 9.84. The second-order valence-electron chi connectivity index (χ2n) is 4.13. The third kappa shape index (κ3) is 1.51. The molecule has 0 unspecified atom stereocenters. The molecule has 4 nitrogen and oxygen atoms in total. The van der Waals surface area contributed by atoms with Crippen LogP contribution in [0.3, 0.4) is 0 Å². The Balaban J connectivity index is 2.06. The van der Waals surface area contributed by atoms with E-state index in [1.54, 1.807) is 11.3 Å². The molecule has 1 aliphatic carbocycles. The van der Waals surface area contributed by atoms with Gasteiger partial charge in [0.1, 0.15) is 0 Å². The predicted octanol–water partition coefficient (Wildman–Crippen LogP) is 1.90. The number of thiazole rings is 1. The molecule has 2 aromatic rings. The minimum Gasteiger partial charge on any atom is -0.481 e. The average Bonchev–Trinajstić information content (AvgIpc) is 2.73. The van der Waals surface area contributed by atoms with Gasteiger partial charge in [-0.05, 0) is 25.7 Å². The summed E-state index contributed by atoms with van der Waals surface area (Å²) in [5.41, 5.74) is 2.00. The number of nitrogens with zero attached hydrogens (tertiary/aromatic N) is 2. The van der Waals surface area contributed by atoms with Crippen molar-refractivity contribution >= 4 is 22.3 Å². The summed E-state index contributed by atoms with van der Waals surface area (Å²) < 4.78 is 2.08. The number of carbonyl (C=O) groups is 1. The van der Waals surface area contributed by atoms with Crippen molar-refractivity contribution in [3.8, 4) is 0 Å². The molecule has 0 amide bonds. The summed E-state index contributed by atoms with van der Waals surface area (Å²) in [5, 5.41) is 8.72. The zero-order valence-electron chi connectivity index (χ0n) is 8.77. The molecule has 1 aliphatic rings. The number of hydrogen-bond acceptors (Lipinski definition) is 3. The molecule has 3 rings (SSSR count). The van der Waals surface area contributed by atoms with Gasteiger partial charge in [-0.2, -0.15) is 0 Å². The van der Waals surface area contributed by atoms with E-state index in [1.165, 1.54) is 23.4 Å². The van der Waals surface area contributed by atoms with Gasteiger partial charge in [0.15, 0.2) is 4.96 Å². The monoisotopic (exact) mass is 236 g/mol. The first-order valence-corrected chi connectivity index (χ1v) is 6.26. The van der Waals surface area contributed by atoms with E-state index in [4.69, 9.17) is 5.11 Å². The van der Waals surface area contributed by atoms with Gasteiger partial charge in [0, 0.05) is 16.8 Å². The Bertz CT molecular complexity index is 556. The van der Waals surface area contributed by atoms with E-state index in [2.05, 4.69) is 9.38 Å². The van der Waals surface area contributed by atoms with Crippen LogP contribution in [0.5, 0.6) is 0 Å². The number of aromatic nitrogens is 2. The molecule has 0 saturated carbocycles. The average molecular weight is 236 g/mol. The molecule has 0 spiro atoms. The zero-order valence-corrected chi connectivity index (χ0v) is 9.59. The standard InChI is InChI=1S/C11H12N2O2S/c14-10(15)5-7-6-13-8-3-1-2-4-9(8)16-11(13)12-7/h6H,1-5H2,(H,14,15). The fourth-order valence-corrected chi connectivity index (χ4v) is 3.46. The van der Waals surface area contributed by atoms with Crippen molar-refractivity contribution in [2.24, 2.45) is 0 Å². The fraction of sp³-hybridized carbons (Fsp3) is 0.455. The molecule has 1 N–H and O–H groups in total. The van der Waals surface area contributed by atoms with E-state index in [0.717, 1.165) is 17.8 Å². The zero-order chi connectivity index (χ0) is 11.1. The molecule has 84 valence electrons. The summed E-state index contributed by atoms with van der Waals surface area (Å²) in [6.45, 7) is 0. The van der Waals surface area contributed by atoms with Crippen LogP contribution in [0.4, 0.5) is 0 Å². The van der Waals surface area contributed by atoms with Gasteiger partial charge in [0.25, 0.3) is 0 Å². The minimum atomic E-state index is -0.820. The van der Waals surface area contributed by atoms with Crippen molar-refractivity contribution in [3.63, 3.8) is 0 Å². The molecule has 0 atom stereocenters. The highest BCUT2D eigenvalue weighted by Gasteiger charge is 2.18. The molecule has 0 bridgehead atoms. The number of aryl methyl sites for hydroxylation is 2. The molecular formula is C11H12N2O2S. The Morgan fingerprint density at radius 3 is 3.12 bits per heavy atom. The maximum Gasteiger partial charge on any atom is 0.309 e. The summed E-state index contributed by atoms with van der Waals surface area (Å²) in [7, 11) is 0. The number of fused-ring (bicyclic) bond motifs is 3. The SMILES string of the molecule is O=C(O)Cc1cn2c3c(sc2n1)CCCC3. The first-order chi connectivity index (χ1) is 7.74. The van der Waals surface area contributed by atoms with Crippen molar-refractivity contribution in [2.75, 3.05) is 0 Å². The van der Waals surface area contributed by atoms with Crippen molar-refractivity contribution in [1.29, 1.82) is 0 Å². The second kappa shape index (κ2) is 3.59. The van der Waals surface area contributed by atoms with Crippen LogP contribution in [0.1, 0.15) is 29.1 Å². The molecule has 0 aliphatic heterocycles. The van der Waals surface area contributed by atoms with Crippen molar-refractivity contribution < 1.29 is 9.90 Å². The molecule has 2 heterocycles. The maximum absolute atomic E-state index is 10.6. The number of carboxylic acids is 1. The summed E-state index contributed by atoms with van der Waals surface area (Å²) in [6.07, 6.45) is 6.63. The van der Waals surface area contributed by atoms with E-state index in [1.807, 2.05) is 6.20 Å². The van der Waals surface area contributed by atoms with E-state index >= 15 is 0 Å². The number of hydrogen-bond donors (Lipinski definition) is 1. The molecule has 0 radical (unpaired) electrons. The third-order valence-electron chi connectivity index (χ3n) is 2.95. The molecule has 2 aromatic heterocycles. The van der Waals surface area contributed by atoms with E-state index < -0.39 is 5.97 Å².